The second kappa shape index (κ2) is 8.27. The molecule has 0 atom stereocenters. The molecule has 3 nitrogen and oxygen atoms in total. The summed E-state index contributed by atoms with van der Waals surface area (Å²) in [5.41, 5.74) is 1.84. The molecule has 0 spiro atoms. The summed E-state index contributed by atoms with van der Waals surface area (Å²) < 4.78 is 28.5. The van der Waals surface area contributed by atoms with E-state index in [1.165, 1.54) is 12.1 Å². The fourth-order valence-electron chi connectivity index (χ4n) is 2.26. The summed E-state index contributed by atoms with van der Waals surface area (Å²) in [5, 5.41) is 0. The first-order chi connectivity index (χ1) is 11.1. The summed E-state index contributed by atoms with van der Waals surface area (Å²) in [6, 6.07) is 15.9. The van der Waals surface area contributed by atoms with Gasteiger partial charge in [0, 0.05) is 13.1 Å². The van der Waals surface area contributed by atoms with Gasteiger partial charge in [-0.05, 0) is 30.2 Å². The lowest BCUT2D eigenvalue weighted by Crippen LogP contribution is -2.31. The first-order valence-electron chi connectivity index (χ1n) is 7.44. The number of carbonyl (C=O) groups is 1. The van der Waals surface area contributed by atoms with Crippen molar-refractivity contribution in [2.75, 3.05) is 6.54 Å². The Labute approximate surface area is 134 Å². The van der Waals surface area contributed by atoms with Gasteiger partial charge in [0.1, 0.15) is 5.75 Å². The van der Waals surface area contributed by atoms with Crippen molar-refractivity contribution in [2.45, 2.75) is 26.5 Å². The maximum absolute atomic E-state index is 12.4. The zero-order valence-electron chi connectivity index (χ0n) is 12.9. The normalized spacial score (nSPS) is 10.6. The molecule has 2 aromatic rings. The predicted octanol–water partition coefficient (Wildman–Crippen LogP) is 3.88. The van der Waals surface area contributed by atoms with Gasteiger partial charge in [-0.3, -0.25) is 4.79 Å². The number of benzene rings is 2. The molecule has 0 saturated heterocycles. The van der Waals surface area contributed by atoms with Crippen LogP contribution in [0, 0.1) is 0 Å². The van der Waals surface area contributed by atoms with Crippen LogP contribution in [0.4, 0.5) is 8.78 Å². The highest BCUT2D eigenvalue weighted by molar-refractivity contribution is 5.78. The third kappa shape index (κ3) is 5.36. The quantitative estimate of drug-likeness (QED) is 0.775. The van der Waals surface area contributed by atoms with Crippen LogP contribution < -0.4 is 4.74 Å². The van der Waals surface area contributed by atoms with Crippen LogP contribution >= 0.6 is 0 Å². The molecule has 23 heavy (non-hydrogen) atoms. The van der Waals surface area contributed by atoms with E-state index in [4.69, 9.17) is 0 Å². The first-order valence-corrected chi connectivity index (χ1v) is 7.44. The minimum Gasteiger partial charge on any atom is -0.435 e. The van der Waals surface area contributed by atoms with Gasteiger partial charge < -0.3 is 9.64 Å². The van der Waals surface area contributed by atoms with Gasteiger partial charge in [0.15, 0.2) is 0 Å². The topological polar surface area (TPSA) is 29.5 Å². The summed E-state index contributed by atoms with van der Waals surface area (Å²) in [6.45, 7) is 0.257. The van der Waals surface area contributed by atoms with Crippen LogP contribution in [0.25, 0.3) is 0 Å². The Morgan fingerprint density at radius 2 is 1.70 bits per heavy atom. The van der Waals surface area contributed by atoms with E-state index in [0.717, 1.165) is 11.1 Å². The summed E-state index contributed by atoms with van der Waals surface area (Å²) >= 11 is 0. The molecular formula is C18H19F2NO2. The lowest BCUT2D eigenvalue weighted by atomic mass is 10.1. The number of amides is 1. The van der Waals surface area contributed by atoms with Gasteiger partial charge in [0.2, 0.25) is 5.91 Å². The number of carbonyl (C=O) groups excluding carboxylic acids is 1. The average Bonchev–Trinajstić information content (AvgIpc) is 2.55. The molecule has 0 N–H and O–H groups in total. The molecule has 5 heteroatoms. The smallest absolute Gasteiger partial charge is 0.387 e. The van der Waals surface area contributed by atoms with Crippen molar-refractivity contribution in [3.05, 3.63) is 65.7 Å². The molecule has 0 aromatic heterocycles. The lowest BCUT2D eigenvalue weighted by Gasteiger charge is -2.21. The zero-order chi connectivity index (χ0) is 16.7. The molecule has 1 amide bonds. The molecule has 0 heterocycles. The number of ether oxygens (including phenoxy) is 1. The second-order valence-corrected chi connectivity index (χ2v) is 5.09. The van der Waals surface area contributed by atoms with Gasteiger partial charge in [-0.1, -0.05) is 42.5 Å². The molecule has 2 rings (SSSR count). The molecule has 0 aliphatic heterocycles. The van der Waals surface area contributed by atoms with E-state index in [1.807, 2.05) is 37.3 Å². The number of likely N-dealkylation sites (N-methyl/N-ethyl adjacent to an activating group) is 1. The Balaban J connectivity index is 1.96. The van der Waals surface area contributed by atoms with E-state index in [2.05, 4.69) is 4.74 Å². The van der Waals surface area contributed by atoms with E-state index in [0.29, 0.717) is 13.1 Å². The summed E-state index contributed by atoms with van der Waals surface area (Å²) in [5.74, 6) is 0.0895. The molecule has 0 unspecified atom stereocenters. The molecule has 0 aliphatic rings. The highest BCUT2D eigenvalue weighted by Gasteiger charge is 2.13. The average molecular weight is 319 g/mol. The van der Waals surface area contributed by atoms with E-state index in [9.17, 15) is 13.6 Å². The van der Waals surface area contributed by atoms with Crippen molar-refractivity contribution in [3.8, 4) is 5.75 Å². The van der Waals surface area contributed by atoms with Gasteiger partial charge >= 0.3 is 6.61 Å². The van der Waals surface area contributed by atoms with Gasteiger partial charge in [-0.25, -0.2) is 0 Å². The Kier molecular flexibility index (Phi) is 6.09. The van der Waals surface area contributed by atoms with E-state index >= 15 is 0 Å². The number of hydrogen-bond acceptors (Lipinski definition) is 2. The van der Waals surface area contributed by atoms with Gasteiger partial charge in [-0.2, -0.15) is 8.78 Å². The van der Waals surface area contributed by atoms with E-state index in [1.54, 1.807) is 17.0 Å². The lowest BCUT2D eigenvalue weighted by molar-refractivity contribution is -0.130. The van der Waals surface area contributed by atoms with Crippen molar-refractivity contribution in [1.29, 1.82) is 0 Å². The minimum atomic E-state index is -2.84. The maximum Gasteiger partial charge on any atom is 0.387 e. The SMILES string of the molecule is CCN(Cc1ccccc1)C(=O)Cc1ccc(OC(F)F)cc1. The standard InChI is InChI=1S/C18H19F2NO2/c1-2-21(13-15-6-4-3-5-7-15)17(22)12-14-8-10-16(11-9-14)23-18(19)20/h3-11,18H,2,12-13H2,1H3. The molecule has 0 fully saturated rings. The number of hydrogen-bond donors (Lipinski definition) is 0. The third-order valence-electron chi connectivity index (χ3n) is 3.45. The van der Waals surface area contributed by atoms with Crippen LogP contribution in [0.5, 0.6) is 5.75 Å². The van der Waals surface area contributed by atoms with Crippen LogP contribution in [-0.2, 0) is 17.8 Å². The van der Waals surface area contributed by atoms with Gasteiger partial charge in [-0.15, -0.1) is 0 Å². The van der Waals surface area contributed by atoms with E-state index < -0.39 is 6.61 Å². The van der Waals surface area contributed by atoms with Crippen molar-refractivity contribution in [3.63, 3.8) is 0 Å². The van der Waals surface area contributed by atoms with Crippen molar-refractivity contribution < 1.29 is 18.3 Å². The van der Waals surface area contributed by atoms with Gasteiger partial charge in [0.05, 0.1) is 6.42 Å². The number of alkyl halides is 2. The van der Waals surface area contributed by atoms with E-state index in [-0.39, 0.29) is 18.1 Å². The van der Waals surface area contributed by atoms with Crippen LogP contribution in [0.1, 0.15) is 18.1 Å². The minimum absolute atomic E-state index is 0.00104. The maximum atomic E-state index is 12.4. The van der Waals surface area contributed by atoms with Crippen LogP contribution in [0.15, 0.2) is 54.6 Å². The highest BCUT2D eigenvalue weighted by atomic mass is 19.3. The highest BCUT2D eigenvalue weighted by Crippen LogP contribution is 2.16. The molecule has 0 bridgehead atoms. The molecule has 122 valence electrons. The second-order valence-electron chi connectivity index (χ2n) is 5.09. The monoisotopic (exact) mass is 319 g/mol. The molecule has 0 aliphatic carbocycles. The van der Waals surface area contributed by atoms with Gasteiger partial charge in [0.25, 0.3) is 0 Å². The Morgan fingerprint density at radius 3 is 2.26 bits per heavy atom. The zero-order valence-corrected chi connectivity index (χ0v) is 12.9. The predicted molar refractivity (Wildman–Crippen MR) is 84.3 cm³/mol. The summed E-state index contributed by atoms with van der Waals surface area (Å²) in [7, 11) is 0. The van der Waals surface area contributed by atoms with Crippen LogP contribution in [0.3, 0.4) is 0 Å². The van der Waals surface area contributed by atoms with Crippen molar-refractivity contribution >= 4 is 5.91 Å². The van der Waals surface area contributed by atoms with Crippen molar-refractivity contribution in [1.82, 2.24) is 4.90 Å². The summed E-state index contributed by atoms with van der Waals surface area (Å²) in [4.78, 5) is 14.1. The first kappa shape index (κ1) is 16.9. The third-order valence-corrected chi connectivity index (χ3v) is 3.45. The van der Waals surface area contributed by atoms with Crippen LogP contribution in [-0.4, -0.2) is 24.0 Å². The largest absolute Gasteiger partial charge is 0.435 e. The Hall–Kier alpha value is -2.43. The number of nitrogens with zero attached hydrogens (tertiary/aromatic N) is 1. The fourth-order valence-corrected chi connectivity index (χ4v) is 2.26. The number of halogens is 2. The number of rotatable bonds is 7. The molecule has 0 saturated carbocycles. The Morgan fingerprint density at radius 1 is 1.04 bits per heavy atom. The molecule has 0 radical (unpaired) electrons. The van der Waals surface area contributed by atoms with Crippen LogP contribution in [0.2, 0.25) is 0 Å². The molecule has 2 aromatic carbocycles. The molecular weight excluding hydrogens is 300 g/mol. The summed E-state index contributed by atoms with van der Waals surface area (Å²) in [6.07, 6.45) is 0.232. The fraction of sp³-hybridized carbons (Fsp3) is 0.278. The Bertz CT molecular complexity index is 615. The van der Waals surface area contributed by atoms with Crippen molar-refractivity contribution in [2.24, 2.45) is 0 Å².